The monoisotopic (exact) mass is 263 g/mol. The molecular formula is C13H13NO3S. The Morgan fingerprint density at radius 1 is 1.39 bits per heavy atom. The van der Waals surface area contributed by atoms with Crippen molar-refractivity contribution in [1.29, 1.82) is 0 Å². The molecule has 4 nitrogen and oxygen atoms in total. The van der Waals surface area contributed by atoms with Gasteiger partial charge in [0.15, 0.2) is 0 Å². The summed E-state index contributed by atoms with van der Waals surface area (Å²) in [4.78, 5) is 10.4. The molecule has 0 aliphatic carbocycles. The molecule has 18 heavy (non-hydrogen) atoms. The largest absolute Gasteiger partial charge is 0.481 e. The van der Waals surface area contributed by atoms with Crippen molar-refractivity contribution < 1.29 is 14.4 Å². The predicted molar refractivity (Wildman–Crippen MR) is 70.5 cm³/mol. The summed E-state index contributed by atoms with van der Waals surface area (Å²) < 4.78 is 5.17. The minimum atomic E-state index is -0.821. The van der Waals surface area contributed by atoms with E-state index in [2.05, 4.69) is 5.16 Å². The van der Waals surface area contributed by atoms with E-state index < -0.39 is 5.97 Å². The number of aromatic nitrogens is 1. The molecule has 94 valence electrons. The molecule has 0 unspecified atom stereocenters. The molecule has 0 radical (unpaired) electrons. The minimum absolute atomic E-state index is 0.0700. The number of rotatable bonds is 5. The fourth-order valence-corrected chi connectivity index (χ4v) is 2.09. The SMILES string of the molecule is Cc1ccc(-c2cc(CSCC(=O)O)on2)cc1. The van der Waals surface area contributed by atoms with Gasteiger partial charge in [-0.15, -0.1) is 11.8 Å². The third-order valence-electron chi connectivity index (χ3n) is 2.38. The van der Waals surface area contributed by atoms with E-state index in [1.54, 1.807) is 0 Å². The van der Waals surface area contributed by atoms with Crippen molar-refractivity contribution >= 4 is 17.7 Å². The molecule has 0 saturated carbocycles. The van der Waals surface area contributed by atoms with Crippen molar-refractivity contribution in [2.75, 3.05) is 5.75 Å². The van der Waals surface area contributed by atoms with E-state index in [4.69, 9.17) is 9.63 Å². The van der Waals surface area contributed by atoms with Crippen LogP contribution in [0.5, 0.6) is 0 Å². The Labute approximate surface area is 109 Å². The molecule has 2 rings (SSSR count). The van der Waals surface area contributed by atoms with Gasteiger partial charge in [-0.1, -0.05) is 35.0 Å². The first-order valence-corrected chi connectivity index (χ1v) is 6.63. The number of aryl methyl sites for hydroxylation is 1. The number of carboxylic acids is 1. The zero-order valence-electron chi connectivity index (χ0n) is 9.92. The number of carboxylic acid groups (broad SMARTS) is 1. The van der Waals surface area contributed by atoms with Crippen molar-refractivity contribution in [2.45, 2.75) is 12.7 Å². The lowest BCUT2D eigenvalue weighted by Gasteiger charge is -1.95. The van der Waals surface area contributed by atoms with Gasteiger partial charge in [-0.25, -0.2) is 0 Å². The summed E-state index contributed by atoms with van der Waals surface area (Å²) in [5, 5.41) is 12.5. The van der Waals surface area contributed by atoms with E-state index in [0.717, 1.165) is 11.3 Å². The van der Waals surface area contributed by atoms with Crippen LogP contribution in [0.1, 0.15) is 11.3 Å². The molecule has 0 aliphatic rings. The zero-order valence-corrected chi connectivity index (χ0v) is 10.7. The van der Waals surface area contributed by atoms with Crippen LogP contribution in [0.4, 0.5) is 0 Å². The average molecular weight is 263 g/mol. The molecule has 0 bridgehead atoms. The Bertz CT molecular complexity index is 533. The van der Waals surface area contributed by atoms with Gasteiger partial charge in [0, 0.05) is 11.6 Å². The topological polar surface area (TPSA) is 63.3 Å². The van der Waals surface area contributed by atoms with E-state index >= 15 is 0 Å². The van der Waals surface area contributed by atoms with Crippen molar-refractivity contribution in [3.8, 4) is 11.3 Å². The van der Waals surface area contributed by atoms with Gasteiger partial charge in [0.25, 0.3) is 0 Å². The van der Waals surface area contributed by atoms with Gasteiger partial charge in [0.1, 0.15) is 11.5 Å². The van der Waals surface area contributed by atoms with Gasteiger partial charge in [0.2, 0.25) is 0 Å². The summed E-state index contributed by atoms with van der Waals surface area (Å²) in [5.41, 5.74) is 2.97. The van der Waals surface area contributed by atoms with Crippen molar-refractivity contribution in [1.82, 2.24) is 5.16 Å². The van der Waals surface area contributed by atoms with Crippen LogP contribution in [-0.4, -0.2) is 22.0 Å². The van der Waals surface area contributed by atoms with Crippen LogP contribution >= 0.6 is 11.8 Å². The van der Waals surface area contributed by atoms with E-state index in [1.807, 2.05) is 37.3 Å². The van der Waals surface area contributed by atoms with Gasteiger partial charge in [0.05, 0.1) is 11.5 Å². The van der Waals surface area contributed by atoms with Gasteiger partial charge < -0.3 is 9.63 Å². The molecule has 1 aromatic heterocycles. The standard InChI is InChI=1S/C13H13NO3S/c1-9-2-4-10(5-3-9)12-6-11(17-14-12)7-18-8-13(15)16/h2-6H,7-8H2,1H3,(H,15,16). The first-order chi connectivity index (χ1) is 8.65. The summed E-state index contributed by atoms with van der Waals surface area (Å²) in [6, 6.07) is 9.86. The summed E-state index contributed by atoms with van der Waals surface area (Å²) in [5.74, 6) is 0.459. The molecule has 5 heteroatoms. The second kappa shape index (κ2) is 5.73. The van der Waals surface area contributed by atoms with E-state index in [1.165, 1.54) is 17.3 Å². The maximum absolute atomic E-state index is 10.4. The molecule has 0 saturated heterocycles. The minimum Gasteiger partial charge on any atom is -0.481 e. The first kappa shape index (κ1) is 12.7. The Morgan fingerprint density at radius 3 is 2.78 bits per heavy atom. The Hall–Kier alpha value is -1.75. The number of carbonyl (C=O) groups is 1. The van der Waals surface area contributed by atoms with E-state index in [0.29, 0.717) is 11.5 Å². The van der Waals surface area contributed by atoms with Gasteiger partial charge >= 0.3 is 5.97 Å². The third-order valence-corrected chi connectivity index (χ3v) is 3.32. The highest BCUT2D eigenvalue weighted by Gasteiger charge is 2.07. The van der Waals surface area contributed by atoms with Gasteiger partial charge in [-0.05, 0) is 6.92 Å². The second-order valence-electron chi connectivity index (χ2n) is 3.93. The second-order valence-corrected chi connectivity index (χ2v) is 4.92. The summed E-state index contributed by atoms with van der Waals surface area (Å²) in [6.45, 7) is 2.03. The number of aliphatic carboxylic acids is 1. The highest BCUT2D eigenvalue weighted by atomic mass is 32.2. The van der Waals surface area contributed by atoms with E-state index in [-0.39, 0.29) is 5.75 Å². The van der Waals surface area contributed by atoms with Crippen molar-refractivity contribution in [3.63, 3.8) is 0 Å². The molecular weight excluding hydrogens is 250 g/mol. The average Bonchev–Trinajstić information content (AvgIpc) is 2.78. The molecule has 2 aromatic rings. The van der Waals surface area contributed by atoms with Crippen LogP contribution in [0, 0.1) is 6.92 Å². The maximum atomic E-state index is 10.4. The number of nitrogens with zero attached hydrogens (tertiary/aromatic N) is 1. The summed E-state index contributed by atoms with van der Waals surface area (Å²) >= 11 is 1.29. The smallest absolute Gasteiger partial charge is 0.313 e. The first-order valence-electron chi connectivity index (χ1n) is 5.47. The number of benzene rings is 1. The summed E-state index contributed by atoms with van der Waals surface area (Å²) in [7, 11) is 0. The molecule has 1 N–H and O–H groups in total. The van der Waals surface area contributed by atoms with Crippen LogP contribution in [-0.2, 0) is 10.5 Å². The lowest BCUT2D eigenvalue weighted by molar-refractivity contribution is -0.133. The van der Waals surface area contributed by atoms with Gasteiger partial charge in [-0.3, -0.25) is 4.79 Å². The normalized spacial score (nSPS) is 10.5. The van der Waals surface area contributed by atoms with Crippen molar-refractivity contribution in [2.24, 2.45) is 0 Å². The highest BCUT2D eigenvalue weighted by molar-refractivity contribution is 7.99. The third kappa shape index (κ3) is 3.37. The molecule has 0 amide bonds. The van der Waals surface area contributed by atoms with Crippen LogP contribution in [0.15, 0.2) is 34.9 Å². The van der Waals surface area contributed by atoms with E-state index in [9.17, 15) is 4.79 Å². The Kier molecular flexibility index (Phi) is 4.04. The maximum Gasteiger partial charge on any atom is 0.313 e. The fourth-order valence-electron chi connectivity index (χ4n) is 1.48. The predicted octanol–water partition coefficient (Wildman–Crippen LogP) is 2.97. The highest BCUT2D eigenvalue weighted by Crippen LogP contribution is 2.21. The van der Waals surface area contributed by atoms with Crippen LogP contribution in [0.25, 0.3) is 11.3 Å². The molecule has 1 aromatic carbocycles. The fraction of sp³-hybridized carbons (Fsp3) is 0.231. The Morgan fingerprint density at radius 2 is 2.11 bits per heavy atom. The number of hydrogen-bond donors (Lipinski definition) is 1. The molecule has 0 fully saturated rings. The molecule has 1 heterocycles. The summed E-state index contributed by atoms with van der Waals surface area (Å²) in [6.07, 6.45) is 0. The number of thioether (sulfide) groups is 1. The van der Waals surface area contributed by atoms with Crippen LogP contribution < -0.4 is 0 Å². The quantitative estimate of drug-likeness (QED) is 0.898. The zero-order chi connectivity index (χ0) is 13.0. The van der Waals surface area contributed by atoms with Gasteiger partial charge in [-0.2, -0.15) is 0 Å². The van der Waals surface area contributed by atoms with Crippen molar-refractivity contribution in [3.05, 3.63) is 41.7 Å². The molecule has 0 aliphatic heterocycles. The lowest BCUT2D eigenvalue weighted by atomic mass is 10.1. The van der Waals surface area contributed by atoms with Crippen LogP contribution in [0.2, 0.25) is 0 Å². The van der Waals surface area contributed by atoms with Crippen LogP contribution in [0.3, 0.4) is 0 Å². The molecule has 0 atom stereocenters. The molecule has 0 spiro atoms. The number of hydrogen-bond acceptors (Lipinski definition) is 4. The Balaban J connectivity index is 2.01. The lowest BCUT2D eigenvalue weighted by Crippen LogP contribution is -1.97.